The summed E-state index contributed by atoms with van der Waals surface area (Å²) in [5.41, 5.74) is -3.46. The van der Waals surface area contributed by atoms with Crippen molar-refractivity contribution < 1.29 is 36.2 Å². The molecule has 0 aliphatic carbocycles. The quantitative estimate of drug-likeness (QED) is 0.356. The first-order valence-electron chi connectivity index (χ1n) is 5.16. The van der Waals surface area contributed by atoms with Crippen LogP contribution in [0.25, 0.3) is 10.6 Å². The fourth-order valence-corrected chi connectivity index (χ4v) is 1.62. The summed E-state index contributed by atoms with van der Waals surface area (Å²) in [6.07, 6.45) is -10.8. The molecule has 0 bridgehead atoms. The second-order valence-electron chi connectivity index (χ2n) is 3.83. The highest BCUT2D eigenvalue weighted by Crippen LogP contribution is 2.42. The van der Waals surface area contributed by atoms with Gasteiger partial charge < -0.3 is 5.11 Å². The first kappa shape index (κ1) is 17.8. The Morgan fingerprint density at radius 2 is 1.77 bits per heavy atom. The molecule has 0 N–H and O–H groups in total. The highest BCUT2D eigenvalue weighted by molar-refractivity contribution is 6.33. The molecule has 22 heavy (non-hydrogen) atoms. The number of ketones is 1. The average Bonchev–Trinajstić information content (AvgIpc) is 2.35. The molecule has 10 heteroatoms. The van der Waals surface area contributed by atoms with Crippen LogP contribution in [0.4, 0.5) is 32.0 Å². The molecule has 0 fully saturated rings. The van der Waals surface area contributed by atoms with E-state index < -0.39 is 45.7 Å². The highest BCUT2D eigenvalue weighted by atomic mass is 35.5. The Hall–Kier alpha value is -2.21. The van der Waals surface area contributed by atoms with Crippen molar-refractivity contribution in [3.8, 4) is 0 Å². The van der Waals surface area contributed by atoms with Gasteiger partial charge in [0.1, 0.15) is 0 Å². The molecule has 0 heterocycles. The minimum Gasteiger partial charge on any atom is -0.872 e. The van der Waals surface area contributed by atoms with E-state index in [1.807, 2.05) is 0 Å². The fraction of sp³-hybridized carbons (Fsp3) is 0.167. The molecule has 0 aromatic heterocycles. The minimum absolute atomic E-state index is 0.168. The highest BCUT2D eigenvalue weighted by Gasteiger charge is 2.37. The molecule has 0 aliphatic heterocycles. The standard InChI is InChI=1S/C12H4ClF6NO2/c1-20-10-6(11(14,15)16)2-5(3-7(10)13)8(21)4-9(22)12(17,18)19/h2-4,21H/p-1/b8-4-. The van der Waals surface area contributed by atoms with Crippen LogP contribution >= 0.6 is 11.6 Å². The van der Waals surface area contributed by atoms with Gasteiger partial charge in [0.15, 0.2) is 0 Å². The van der Waals surface area contributed by atoms with E-state index in [9.17, 15) is 36.2 Å². The van der Waals surface area contributed by atoms with Crippen LogP contribution in [0.3, 0.4) is 0 Å². The molecule has 3 nitrogen and oxygen atoms in total. The Bertz CT molecular complexity index is 685. The number of hydrogen-bond donors (Lipinski definition) is 0. The van der Waals surface area contributed by atoms with Gasteiger partial charge in [-0.25, -0.2) is 4.85 Å². The lowest BCUT2D eigenvalue weighted by molar-refractivity contribution is -0.244. The summed E-state index contributed by atoms with van der Waals surface area (Å²) < 4.78 is 74.3. The van der Waals surface area contributed by atoms with E-state index in [-0.39, 0.29) is 12.1 Å². The van der Waals surface area contributed by atoms with Crippen molar-refractivity contribution >= 4 is 28.8 Å². The van der Waals surface area contributed by atoms with E-state index in [1.54, 1.807) is 0 Å². The number of allylic oxidation sites excluding steroid dienone is 1. The van der Waals surface area contributed by atoms with Crippen LogP contribution in [0.1, 0.15) is 11.1 Å². The van der Waals surface area contributed by atoms with E-state index in [4.69, 9.17) is 18.2 Å². The molecule has 0 radical (unpaired) electrons. The SMILES string of the molecule is [C-]#[N+]c1c(Cl)cc(/C([O-])=C/C(=O)C(F)(F)F)cc1C(F)(F)F. The predicted molar refractivity (Wildman–Crippen MR) is 61.8 cm³/mol. The van der Waals surface area contributed by atoms with Crippen molar-refractivity contribution in [3.63, 3.8) is 0 Å². The summed E-state index contributed by atoms with van der Waals surface area (Å²) in [4.78, 5) is 13.2. The molecule has 0 amide bonds. The predicted octanol–water partition coefficient (Wildman–Crippen LogP) is 3.74. The lowest BCUT2D eigenvalue weighted by atomic mass is 10.1. The van der Waals surface area contributed by atoms with Gasteiger partial charge >= 0.3 is 12.4 Å². The van der Waals surface area contributed by atoms with Crippen molar-refractivity contribution in [2.45, 2.75) is 12.4 Å². The van der Waals surface area contributed by atoms with Gasteiger partial charge in [-0.2, -0.15) is 26.3 Å². The van der Waals surface area contributed by atoms with Crippen LogP contribution in [0.15, 0.2) is 18.2 Å². The monoisotopic (exact) mass is 342 g/mol. The maximum absolute atomic E-state index is 12.7. The lowest BCUT2D eigenvalue weighted by Crippen LogP contribution is -2.22. The summed E-state index contributed by atoms with van der Waals surface area (Å²) in [6.45, 7) is 6.62. The number of halogens is 7. The van der Waals surface area contributed by atoms with Crippen LogP contribution in [-0.2, 0) is 11.0 Å². The van der Waals surface area contributed by atoms with Gasteiger partial charge in [-0.15, -0.1) is 0 Å². The molecule has 0 saturated heterocycles. The fourth-order valence-electron chi connectivity index (χ4n) is 1.36. The zero-order valence-corrected chi connectivity index (χ0v) is 10.9. The zero-order valence-electron chi connectivity index (χ0n) is 10.1. The Balaban J connectivity index is 3.46. The van der Waals surface area contributed by atoms with Gasteiger partial charge in [0, 0.05) is 5.02 Å². The van der Waals surface area contributed by atoms with E-state index in [0.29, 0.717) is 6.07 Å². The average molecular weight is 343 g/mol. The molecule has 0 unspecified atom stereocenters. The van der Waals surface area contributed by atoms with Gasteiger partial charge in [0.2, 0.25) is 5.69 Å². The summed E-state index contributed by atoms with van der Waals surface area (Å²) >= 11 is 5.42. The number of benzene rings is 1. The summed E-state index contributed by atoms with van der Waals surface area (Å²) in [7, 11) is 0. The van der Waals surface area contributed by atoms with Crippen molar-refractivity contribution in [2.24, 2.45) is 0 Å². The molecule has 0 atom stereocenters. The Kier molecular flexibility index (Phi) is 4.77. The molecule has 1 aromatic carbocycles. The largest absolute Gasteiger partial charge is 0.872 e. The summed E-state index contributed by atoms with van der Waals surface area (Å²) in [5.74, 6) is -4.12. The molecule has 0 aliphatic rings. The van der Waals surface area contributed by atoms with Gasteiger partial charge in [0.05, 0.1) is 12.1 Å². The van der Waals surface area contributed by atoms with Gasteiger partial charge in [-0.3, -0.25) is 4.79 Å². The van der Waals surface area contributed by atoms with Crippen LogP contribution in [0.5, 0.6) is 0 Å². The summed E-state index contributed by atoms with van der Waals surface area (Å²) in [6, 6.07) is 0.758. The normalized spacial score (nSPS) is 12.9. The maximum Gasteiger partial charge on any atom is 0.454 e. The summed E-state index contributed by atoms with van der Waals surface area (Å²) in [5, 5.41) is 10.7. The molecule has 0 saturated carbocycles. The third-order valence-electron chi connectivity index (χ3n) is 2.31. The minimum atomic E-state index is -5.33. The van der Waals surface area contributed by atoms with Crippen LogP contribution in [0.2, 0.25) is 5.02 Å². The third-order valence-corrected chi connectivity index (χ3v) is 2.59. The number of hydrogen-bond acceptors (Lipinski definition) is 2. The topological polar surface area (TPSA) is 44.5 Å². The van der Waals surface area contributed by atoms with Crippen LogP contribution in [0, 0.1) is 6.57 Å². The first-order chi connectivity index (χ1) is 9.87. The van der Waals surface area contributed by atoms with Crippen molar-refractivity contribution in [1.29, 1.82) is 0 Å². The third kappa shape index (κ3) is 3.92. The van der Waals surface area contributed by atoms with E-state index in [0.717, 1.165) is 0 Å². The van der Waals surface area contributed by atoms with Gasteiger partial charge in [-0.1, -0.05) is 23.4 Å². The number of rotatable bonds is 2. The second kappa shape index (κ2) is 5.88. The number of carbonyl (C=O) groups is 1. The van der Waals surface area contributed by atoms with E-state index in [1.165, 1.54) is 0 Å². The molecule has 1 rings (SSSR count). The second-order valence-corrected chi connectivity index (χ2v) is 4.24. The smallest absolute Gasteiger partial charge is 0.454 e. The molecule has 118 valence electrons. The van der Waals surface area contributed by atoms with Gasteiger partial charge in [-0.05, 0) is 17.7 Å². The van der Waals surface area contributed by atoms with Gasteiger partial charge in [0.25, 0.3) is 5.78 Å². The number of alkyl halides is 6. The Morgan fingerprint density at radius 1 is 1.23 bits per heavy atom. The molecule has 0 spiro atoms. The molecule has 1 aromatic rings. The van der Waals surface area contributed by atoms with Crippen molar-refractivity contribution in [2.75, 3.05) is 0 Å². The molecular weight excluding hydrogens is 340 g/mol. The number of nitrogens with zero attached hydrogens (tertiary/aromatic N) is 1. The van der Waals surface area contributed by atoms with E-state index in [2.05, 4.69) is 4.85 Å². The Labute approximate surface area is 124 Å². The van der Waals surface area contributed by atoms with Crippen molar-refractivity contribution in [1.82, 2.24) is 0 Å². The first-order valence-corrected chi connectivity index (χ1v) is 5.54. The lowest BCUT2D eigenvalue weighted by Gasteiger charge is -2.17. The zero-order chi connectivity index (χ0) is 17.3. The molecular formula is C12H3ClF6NO2-. The van der Waals surface area contributed by atoms with Crippen molar-refractivity contribution in [3.05, 3.63) is 45.8 Å². The van der Waals surface area contributed by atoms with Crippen LogP contribution < -0.4 is 5.11 Å². The number of carbonyl (C=O) groups excluding carboxylic acids is 1. The van der Waals surface area contributed by atoms with Crippen LogP contribution in [-0.4, -0.2) is 12.0 Å². The maximum atomic E-state index is 12.7. The Morgan fingerprint density at radius 3 is 2.18 bits per heavy atom. The van der Waals surface area contributed by atoms with E-state index >= 15 is 0 Å².